The molecule has 3 unspecified atom stereocenters. The molecule has 1 aliphatic carbocycles. The molecule has 0 bridgehead atoms. The summed E-state index contributed by atoms with van der Waals surface area (Å²) >= 11 is 0.806. The van der Waals surface area contributed by atoms with Crippen molar-refractivity contribution in [2.75, 3.05) is 0 Å². The zero-order chi connectivity index (χ0) is 10.8. The molecular formula is C9H14AlO4Si+. The van der Waals surface area contributed by atoms with Gasteiger partial charge in [-0.25, -0.2) is 0 Å². The lowest BCUT2D eigenvalue weighted by Crippen LogP contribution is -2.27. The van der Waals surface area contributed by atoms with Crippen LogP contribution in [0.5, 0.6) is 0 Å². The van der Waals surface area contributed by atoms with Crippen LogP contribution in [0.15, 0.2) is 0 Å². The normalized spacial score (nSPS) is 34.8. The fourth-order valence-electron chi connectivity index (χ4n) is 2.50. The van der Waals surface area contributed by atoms with Gasteiger partial charge in [0.1, 0.15) is 0 Å². The molecule has 0 amide bonds. The minimum absolute atomic E-state index is 0.102. The molecule has 4 nitrogen and oxygen atoms in total. The molecule has 0 spiro atoms. The Labute approximate surface area is 99.4 Å². The number of hydrogen-bond acceptors (Lipinski definition) is 4. The molecule has 1 heterocycles. The van der Waals surface area contributed by atoms with Crippen LogP contribution in [0.2, 0.25) is 6.04 Å². The van der Waals surface area contributed by atoms with Gasteiger partial charge in [0.2, 0.25) is 0 Å². The molecule has 3 atom stereocenters. The van der Waals surface area contributed by atoms with E-state index in [4.69, 9.17) is 3.48 Å². The average molecular weight is 241 g/mol. The van der Waals surface area contributed by atoms with Crippen LogP contribution in [0.3, 0.4) is 0 Å². The first-order valence-corrected chi connectivity index (χ1v) is 7.43. The van der Waals surface area contributed by atoms with Crippen LogP contribution in [0, 0.1) is 17.8 Å². The number of ether oxygens (including phenoxy) is 1. The molecule has 15 heavy (non-hydrogen) atoms. The number of rotatable bonds is 3. The molecule has 0 aromatic heterocycles. The molecule has 6 heteroatoms. The number of carbonyl (C=O) groups is 2. The summed E-state index contributed by atoms with van der Waals surface area (Å²) in [6.07, 6.45) is 2.69. The van der Waals surface area contributed by atoms with Gasteiger partial charge >= 0.3 is 38.3 Å². The Bertz CT molecular complexity index is 283. The Morgan fingerprint density at radius 2 is 2.07 bits per heavy atom. The predicted octanol–water partition coefficient (Wildman–Crippen LogP) is -0.563. The average Bonchev–Trinajstić information content (AvgIpc) is 2.52. The van der Waals surface area contributed by atoms with Crippen LogP contribution in [0.4, 0.5) is 0 Å². The van der Waals surface area contributed by atoms with Gasteiger partial charge in [-0.15, -0.1) is 0 Å². The van der Waals surface area contributed by atoms with Crippen LogP contribution >= 0.6 is 0 Å². The molecule has 1 saturated heterocycles. The van der Waals surface area contributed by atoms with Crippen LogP contribution in [-0.4, -0.2) is 38.3 Å². The monoisotopic (exact) mass is 241 g/mol. The lowest BCUT2D eigenvalue weighted by molar-refractivity contribution is -0.153. The first-order valence-electron chi connectivity index (χ1n) is 5.32. The van der Waals surface area contributed by atoms with E-state index >= 15 is 0 Å². The summed E-state index contributed by atoms with van der Waals surface area (Å²) in [4.78, 5) is 22.7. The molecule has 0 N–H and O–H groups in total. The summed E-state index contributed by atoms with van der Waals surface area (Å²) < 4.78 is 9.91. The third kappa shape index (κ3) is 2.34. The van der Waals surface area contributed by atoms with Crippen molar-refractivity contribution in [2.24, 2.45) is 17.8 Å². The second-order valence-corrected chi connectivity index (χ2v) is 6.96. The maximum absolute atomic E-state index is 11.4. The van der Waals surface area contributed by atoms with Crippen molar-refractivity contribution < 1.29 is 17.8 Å². The molecule has 2 aliphatic rings. The highest BCUT2D eigenvalue weighted by Crippen LogP contribution is 2.40. The van der Waals surface area contributed by atoms with E-state index in [2.05, 4.69) is 4.74 Å². The van der Waals surface area contributed by atoms with E-state index in [1.54, 1.807) is 0 Å². The third-order valence-corrected chi connectivity index (χ3v) is 5.55. The Kier molecular flexibility index (Phi) is 3.62. The van der Waals surface area contributed by atoms with Crippen LogP contribution in [-0.2, 0) is 17.8 Å². The maximum Gasteiger partial charge on any atom is 0.470 e. The maximum atomic E-state index is 11.4. The lowest BCUT2D eigenvalue weighted by Gasteiger charge is -2.25. The van der Waals surface area contributed by atoms with E-state index in [-0.39, 0.29) is 33.5 Å². The highest BCUT2D eigenvalue weighted by atomic mass is 28.2. The minimum atomic E-state index is -0.296. The molecule has 80 valence electrons. The molecule has 2 fully saturated rings. The van der Waals surface area contributed by atoms with Crippen molar-refractivity contribution in [2.45, 2.75) is 25.3 Å². The van der Waals surface area contributed by atoms with Gasteiger partial charge in [0.15, 0.2) is 0 Å². The predicted molar refractivity (Wildman–Crippen MR) is 57.0 cm³/mol. The Morgan fingerprint density at radius 1 is 1.33 bits per heavy atom. The first-order chi connectivity index (χ1) is 7.22. The standard InChI is InChI=1S/C9H12O4Si.Al.2H/c10-8-6-2-1-5(4-14-12)3-7(6)9(11)13-8;;;/h5-7,14H,1-4H2;;;/q;+1;;. The molecule has 0 radical (unpaired) electrons. The summed E-state index contributed by atoms with van der Waals surface area (Å²) in [5, 5.41) is 0. The molecule has 0 aromatic rings. The summed E-state index contributed by atoms with van der Waals surface area (Å²) in [5.41, 5.74) is 0. The zero-order valence-electron chi connectivity index (χ0n) is 8.77. The van der Waals surface area contributed by atoms with Gasteiger partial charge in [0, 0.05) is 0 Å². The molecule has 2 rings (SSSR count). The summed E-state index contributed by atoms with van der Waals surface area (Å²) in [5.74, 6) is -0.314. The van der Waals surface area contributed by atoms with Gasteiger partial charge in [0.05, 0.1) is 17.9 Å². The van der Waals surface area contributed by atoms with Crippen LogP contribution < -0.4 is 0 Å². The number of carbonyl (C=O) groups excluding carboxylic acids is 2. The van der Waals surface area contributed by atoms with Gasteiger partial charge < -0.3 is 8.21 Å². The minimum Gasteiger partial charge on any atom is -0.393 e. The van der Waals surface area contributed by atoms with Gasteiger partial charge in [-0.05, 0) is 25.2 Å². The number of esters is 2. The van der Waals surface area contributed by atoms with E-state index in [0.29, 0.717) is 5.92 Å². The molecule has 1 saturated carbocycles. The second kappa shape index (κ2) is 4.79. The SMILES string of the molecule is O=C1OC(=O)C2CC(C[SiH+][O][AlH2])CCC12. The molecule has 1 aliphatic heterocycles. The highest BCUT2D eigenvalue weighted by molar-refractivity contribution is 6.34. The van der Waals surface area contributed by atoms with Crippen molar-refractivity contribution in [1.29, 1.82) is 0 Å². The number of cyclic esters (lactones) is 2. The number of fused-ring (bicyclic) bond motifs is 1. The zero-order valence-corrected chi connectivity index (χ0v) is 11.9. The quantitative estimate of drug-likeness (QED) is 0.377. The van der Waals surface area contributed by atoms with Crippen LogP contribution in [0.1, 0.15) is 19.3 Å². The van der Waals surface area contributed by atoms with E-state index in [9.17, 15) is 9.59 Å². The van der Waals surface area contributed by atoms with Gasteiger partial charge in [0.25, 0.3) is 0 Å². The Balaban J connectivity index is 1.93. The Hall–Kier alpha value is -0.151. The van der Waals surface area contributed by atoms with Crippen molar-refractivity contribution in [1.82, 2.24) is 0 Å². The Morgan fingerprint density at radius 3 is 2.80 bits per heavy atom. The van der Waals surface area contributed by atoms with Crippen LogP contribution in [0.25, 0.3) is 0 Å². The number of hydrogen-bond donors (Lipinski definition) is 0. The summed E-state index contributed by atoms with van der Waals surface area (Å²) in [6, 6.07) is 1.09. The fraction of sp³-hybridized carbons (Fsp3) is 0.778. The van der Waals surface area contributed by atoms with Gasteiger partial charge in [-0.3, -0.25) is 9.59 Å². The fourth-order valence-corrected chi connectivity index (χ4v) is 3.97. The second-order valence-electron chi connectivity index (χ2n) is 4.27. The largest absolute Gasteiger partial charge is 0.470 e. The van der Waals surface area contributed by atoms with E-state index in [0.717, 1.165) is 41.9 Å². The summed E-state index contributed by atoms with van der Waals surface area (Å²) in [7, 11) is 0.102. The first kappa shape index (κ1) is 11.3. The van der Waals surface area contributed by atoms with Crippen molar-refractivity contribution >= 4 is 38.3 Å². The van der Waals surface area contributed by atoms with Crippen molar-refractivity contribution in [3.8, 4) is 0 Å². The van der Waals surface area contributed by atoms with Gasteiger partial charge in [-0.2, -0.15) is 0 Å². The van der Waals surface area contributed by atoms with Crippen molar-refractivity contribution in [3.63, 3.8) is 0 Å². The highest BCUT2D eigenvalue weighted by Gasteiger charge is 2.47. The third-order valence-electron chi connectivity index (χ3n) is 3.36. The molecule has 0 aromatic carbocycles. The van der Waals surface area contributed by atoms with Crippen molar-refractivity contribution in [3.05, 3.63) is 0 Å². The molecular weight excluding hydrogens is 227 g/mol. The van der Waals surface area contributed by atoms with E-state index in [1.807, 2.05) is 0 Å². The summed E-state index contributed by atoms with van der Waals surface area (Å²) in [6.45, 7) is 0. The van der Waals surface area contributed by atoms with Gasteiger partial charge in [-0.1, -0.05) is 0 Å². The lowest BCUT2D eigenvalue weighted by atomic mass is 9.76. The smallest absolute Gasteiger partial charge is 0.393 e. The van der Waals surface area contributed by atoms with E-state index in [1.165, 1.54) is 0 Å². The topological polar surface area (TPSA) is 52.6 Å². The van der Waals surface area contributed by atoms with E-state index < -0.39 is 0 Å².